The molecular weight excluding hydrogens is 206 g/mol. The Labute approximate surface area is 95.5 Å². The second-order valence-corrected chi connectivity index (χ2v) is 5.31. The van der Waals surface area contributed by atoms with Gasteiger partial charge in [-0.15, -0.1) is 11.3 Å². The number of hydrogen-bond acceptors (Lipinski definition) is 4. The highest BCUT2D eigenvalue weighted by Gasteiger charge is 2.24. The SMILES string of the molecule is CC1CCCC(C)N1NCc1cncs1. The molecule has 1 N–H and O–H groups in total. The van der Waals surface area contributed by atoms with Crippen LogP contribution in [0.15, 0.2) is 11.7 Å². The largest absolute Gasteiger partial charge is 0.253 e. The number of hydrogen-bond donors (Lipinski definition) is 1. The normalized spacial score (nSPS) is 28.1. The third-order valence-corrected chi connectivity index (χ3v) is 3.89. The molecule has 0 spiro atoms. The van der Waals surface area contributed by atoms with E-state index >= 15 is 0 Å². The van der Waals surface area contributed by atoms with Crippen molar-refractivity contribution in [2.24, 2.45) is 0 Å². The number of thiazole rings is 1. The van der Waals surface area contributed by atoms with Crippen LogP contribution >= 0.6 is 11.3 Å². The molecule has 0 radical (unpaired) electrons. The second kappa shape index (κ2) is 5.05. The summed E-state index contributed by atoms with van der Waals surface area (Å²) in [6.45, 7) is 5.52. The van der Waals surface area contributed by atoms with Crippen molar-refractivity contribution < 1.29 is 0 Å². The average molecular weight is 225 g/mol. The van der Waals surface area contributed by atoms with Gasteiger partial charge < -0.3 is 0 Å². The molecule has 2 unspecified atom stereocenters. The first-order valence-corrected chi connectivity index (χ1v) is 6.54. The number of piperidine rings is 1. The zero-order valence-electron chi connectivity index (χ0n) is 9.44. The minimum atomic E-state index is 0.654. The van der Waals surface area contributed by atoms with Crippen molar-refractivity contribution >= 4 is 11.3 Å². The fourth-order valence-electron chi connectivity index (χ4n) is 2.23. The Morgan fingerprint density at radius 1 is 1.47 bits per heavy atom. The Bertz CT molecular complexity index is 276. The van der Waals surface area contributed by atoms with E-state index in [9.17, 15) is 0 Å². The molecule has 1 aromatic rings. The maximum atomic E-state index is 4.08. The summed E-state index contributed by atoms with van der Waals surface area (Å²) in [7, 11) is 0. The number of aromatic nitrogens is 1. The first-order valence-electron chi connectivity index (χ1n) is 5.66. The maximum absolute atomic E-state index is 4.08. The van der Waals surface area contributed by atoms with Gasteiger partial charge in [0.25, 0.3) is 0 Å². The molecule has 4 heteroatoms. The molecule has 2 atom stereocenters. The van der Waals surface area contributed by atoms with E-state index in [1.54, 1.807) is 11.3 Å². The number of rotatable bonds is 3. The third-order valence-electron chi connectivity index (χ3n) is 3.11. The minimum Gasteiger partial charge on any atom is -0.253 e. The van der Waals surface area contributed by atoms with Gasteiger partial charge in [0.1, 0.15) is 0 Å². The molecule has 3 nitrogen and oxygen atoms in total. The monoisotopic (exact) mass is 225 g/mol. The van der Waals surface area contributed by atoms with Gasteiger partial charge in [-0.3, -0.25) is 4.98 Å². The highest BCUT2D eigenvalue weighted by atomic mass is 32.1. The number of hydrazine groups is 1. The van der Waals surface area contributed by atoms with Crippen LogP contribution in [0.5, 0.6) is 0 Å². The Balaban J connectivity index is 1.86. The van der Waals surface area contributed by atoms with Crippen molar-refractivity contribution in [3.05, 3.63) is 16.6 Å². The molecule has 15 heavy (non-hydrogen) atoms. The zero-order valence-corrected chi connectivity index (χ0v) is 10.3. The van der Waals surface area contributed by atoms with Gasteiger partial charge in [-0.2, -0.15) is 0 Å². The lowest BCUT2D eigenvalue weighted by Crippen LogP contribution is -2.51. The van der Waals surface area contributed by atoms with Gasteiger partial charge in [0.05, 0.1) is 5.51 Å². The molecule has 84 valence electrons. The van der Waals surface area contributed by atoms with Crippen molar-refractivity contribution in [1.82, 2.24) is 15.4 Å². The predicted molar refractivity (Wildman–Crippen MR) is 63.6 cm³/mol. The molecule has 1 aliphatic rings. The molecule has 0 amide bonds. The van der Waals surface area contributed by atoms with Crippen LogP contribution < -0.4 is 5.43 Å². The van der Waals surface area contributed by atoms with E-state index < -0.39 is 0 Å². The van der Waals surface area contributed by atoms with E-state index in [1.165, 1.54) is 24.1 Å². The number of nitrogens with zero attached hydrogens (tertiary/aromatic N) is 2. The summed E-state index contributed by atoms with van der Waals surface area (Å²) in [4.78, 5) is 5.39. The fourth-order valence-corrected chi connectivity index (χ4v) is 2.76. The van der Waals surface area contributed by atoms with Gasteiger partial charge in [0.15, 0.2) is 0 Å². The Kier molecular flexibility index (Phi) is 3.72. The van der Waals surface area contributed by atoms with Crippen LogP contribution in [0.3, 0.4) is 0 Å². The Morgan fingerprint density at radius 2 is 2.20 bits per heavy atom. The third kappa shape index (κ3) is 2.77. The fraction of sp³-hybridized carbons (Fsp3) is 0.727. The van der Waals surface area contributed by atoms with Gasteiger partial charge in [-0.1, -0.05) is 6.42 Å². The van der Waals surface area contributed by atoms with E-state index in [-0.39, 0.29) is 0 Å². The van der Waals surface area contributed by atoms with Crippen LogP contribution in [-0.2, 0) is 6.54 Å². The van der Waals surface area contributed by atoms with Gasteiger partial charge in [-0.05, 0) is 26.7 Å². The summed E-state index contributed by atoms with van der Waals surface area (Å²) in [5, 5.41) is 2.41. The quantitative estimate of drug-likeness (QED) is 0.856. The van der Waals surface area contributed by atoms with Gasteiger partial charge in [0.2, 0.25) is 0 Å². The lowest BCUT2D eigenvalue weighted by Gasteiger charge is -2.39. The summed E-state index contributed by atoms with van der Waals surface area (Å²) in [6, 6.07) is 1.31. The summed E-state index contributed by atoms with van der Waals surface area (Å²) in [5.41, 5.74) is 5.42. The Hall–Kier alpha value is -0.450. The summed E-state index contributed by atoms with van der Waals surface area (Å²) in [6.07, 6.45) is 5.91. The topological polar surface area (TPSA) is 28.2 Å². The van der Waals surface area contributed by atoms with E-state index in [1.807, 2.05) is 11.7 Å². The Morgan fingerprint density at radius 3 is 2.80 bits per heavy atom. The molecule has 0 saturated carbocycles. The standard InChI is InChI=1S/C11H19N3S/c1-9-4-3-5-10(2)14(9)13-7-11-6-12-8-15-11/h6,8-10,13H,3-5,7H2,1-2H3. The molecule has 0 bridgehead atoms. The lowest BCUT2D eigenvalue weighted by molar-refractivity contribution is 0.0439. The van der Waals surface area contributed by atoms with Crippen molar-refractivity contribution in [3.63, 3.8) is 0 Å². The molecule has 1 aliphatic heterocycles. The first kappa shape index (κ1) is 11.0. The lowest BCUT2D eigenvalue weighted by atomic mass is 10.00. The van der Waals surface area contributed by atoms with Crippen molar-refractivity contribution in [1.29, 1.82) is 0 Å². The van der Waals surface area contributed by atoms with Crippen LogP contribution in [0.4, 0.5) is 0 Å². The molecule has 1 aromatic heterocycles. The van der Waals surface area contributed by atoms with Crippen molar-refractivity contribution in [3.8, 4) is 0 Å². The number of nitrogens with one attached hydrogen (secondary N) is 1. The van der Waals surface area contributed by atoms with Gasteiger partial charge >= 0.3 is 0 Å². The van der Waals surface area contributed by atoms with Crippen molar-refractivity contribution in [2.75, 3.05) is 0 Å². The molecule has 1 saturated heterocycles. The van der Waals surface area contributed by atoms with E-state index in [0.717, 1.165) is 6.54 Å². The molecule has 2 heterocycles. The minimum absolute atomic E-state index is 0.654. The van der Waals surface area contributed by atoms with E-state index in [4.69, 9.17) is 0 Å². The van der Waals surface area contributed by atoms with Crippen molar-refractivity contribution in [2.45, 2.75) is 51.7 Å². The van der Waals surface area contributed by atoms with Crippen LogP contribution in [0.2, 0.25) is 0 Å². The molecular formula is C11H19N3S. The first-order chi connectivity index (χ1) is 7.27. The highest BCUT2D eigenvalue weighted by molar-refractivity contribution is 7.09. The summed E-state index contributed by atoms with van der Waals surface area (Å²) < 4.78 is 0. The van der Waals surface area contributed by atoms with E-state index in [0.29, 0.717) is 12.1 Å². The van der Waals surface area contributed by atoms with Gasteiger partial charge in [-0.25, -0.2) is 10.4 Å². The molecule has 1 fully saturated rings. The van der Waals surface area contributed by atoms with Crippen LogP contribution in [0.1, 0.15) is 38.0 Å². The molecule has 2 rings (SSSR count). The maximum Gasteiger partial charge on any atom is 0.0794 e. The predicted octanol–water partition coefficient (Wildman–Crippen LogP) is 2.41. The van der Waals surface area contributed by atoms with Crippen LogP contribution in [0, 0.1) is 0 Å². The molecule has 0 aliphatic carbocycles. The second-order valence-electron chi connectivity index (χ2n) is 4.34. The molecule has 0 aromatic carbocycles. The summed E-state index contributed by atoms with van der Waals surface area (Å²) >= 11 is 1.71. The van der Waals surface area contributed by atoms with Crippen LogP contribution in [0.25, 0.3) is 0 Å². The summed E-state index contributed by atoms with van der Waals surface area (Å²) in [5.74, 6) is 0. The smallest absolute Gasteiger partial charge is 0.0794 e. The zero-order chi connectivity index (χ0) is 10.7. The van der Waals surface area contributed by atoms with Gasteiger partial charge in [0, 0.05) is 29.7 Å². The highest BCUT2D eigenvalue weighted by Crippen LogP contribution is 2.20. The van der Waals surface area contributed by atoms with Crippen LogP contribution in [-0.4, -0.2) is 22.1 Å². The average Bonchev–Trinajstić information content (AvgIpc) is 2.70. The van der Waals surface area contributed by atoms with E-state index in [2.05, 4.69) is 29.3 Å².